The molecule has 2 aromatic carbocycles. The van der Waals surface area contributed by atoms with Gasteiger partial charge in [-0.1, -0.05) is 56.3 Å². The third-order valence-corrected chi connectivity index (χ3v) is 6.41. The van der Waals surface area contributed by atoms with Gasteiger partial charge in [0.15, 0.2) is 0 Å². The lowest BCUT2D eigenvalue weighted by molar-refractivity contribution is -0.123. The molecule has 1 saturated heterocycles. The molecule has 1 N–H and O–H groups in total. The number of hydrogen-bond acceptors (Lipinski definition) is 3. The Balaban J connectivity index is 1.52. The molecule has 1 aliphatic heterocycles. The number of piperidine rings is 1. The van der Waals surface area contributed by atoms with Crippen LogP contribution in [0.1, 0.15) is 67.6 Å². The Morgan fingerprint density at radius 2 is 1.69 bits per heavy atom. The number of carbonyl (C=O) groups is 2. The molecule has 2 amide bonds. The Labute approximate surface area is 192 Å². The molecule has 0 spiro atoms. The molecule has 172 valence electrons. The van der Waals surface area contributed by atoms with Gasteiger partial charge in [-0.05, 0) is 62.4 Å². The SMILES string of the molecule is CCCN(CC(=O)NC(C)c1ccc(CC)cc1)C1CCN(C(=O)c2ccccc2)CC1. The number of carbonyl (C=O) groups excluding carboxylic acids is 2. The maximum atomic E-state index is 12.8. The largest absolute Gasteiger partial charge is 0.348 e. The summed E-state index contributed by atoms with van der Waals surface area (Å²) in [4.78, 5) is 29.8. The van der Waals surface area contributed by atoms with E-state index in [1.165, 1.54) is 5.56 Å². The highest BCUT2D eigenvalue weighted by molar-refractivity contribution is 5.94. The quantitative estimate of drug-likeness (QED) is 0.633. The molecule has 3 rings (SSSR count). The number of rotatable bonds is 9. The van der Waals surface area contributed by atoms with E-state index >= 15 is 0 Å². The molecule has 32 heavy (non-hydrogen) atoms. The lowest BCUT2D eigenvalue weighted by Crippen LogP contribution is -2.49. The fourth-order valence-corrected chi connectivity index (χ4v) is 4.47. The minimum Gasteiger partial charge on any atom is -0.348 e. The summed E-state index contributed by atoms with van der Waals surface area (Å²) in [5.41, 5.74) is 3.18. The maximum absolute atomic E-state index is 12.8. The minimum atomic E-state index is -0.0118. The predicted molar refractivity (Wildman–Crippen MR) is 130 cm³/mol. The average Bonchev–Trinajstić information content (AvgIpc) is 2.84. The second-order valence-corrected chi connectivity index (χ2v) is 8.74. The van der Waals surface area contributed by atoms with Gasteiger partial charge in [0.05, 0.1) is 12.6 Å². The Bertz CT molecular complexity index is 858. The zero-order valence-electron chi connectivity index (χ0n) is 19.7. The molecule has 0 bridgehead atoms. The first kappa shape index (κ1) is 24.0. The predicted octanol–water partition coefficient (Wildman–Crippen LogP) is 4.44. The summed E-state index contributed by atoms with van der Waals surface area (Å²) < 4.78 is 0. The number of nitrogens with one attached hydrogen (secondary N) is 1. The lowest BCUT2D eigenvalue weighted by Gasteiger charge is -2.38. The Kier molecular flexibility index (Phi) is 8.86. The summed E-state index contributed by atoms with van der Waals surface area (Å²) in [7, 11) is 0. The van der Waals surface area contributed by atoms with Gasteiger partial charge >= 0.3 is 0 Å². The Hall–Kier alpha value is -2.66. The molecule has 1 atom stereocenters. The van der Waals surface area contributed by atoms with Gasteiger partial charge < -0.3 is 10.2 Å². The molecule has 5 heteroatoms. The van der Waals surface area contributed by atoms with Gasteiger partial charge in [-0.15, -0.1) is 0 Å². The van der Waals surface area contributed by atoms with E-state index in [2.05, 4.69) is 48.3 Å². The number of benzene rings is 2. The van der Waals surface area contributed by atoms with Gasteiger partial charge in [0.2, 0.25) is 5.91 Å². The van der Waals surface area contributed by atoms with E-state index < -0.39 is 0 Å². The van der Waals surface area contributed by atoms with Crippen molar-refractivity contribution in [2.24, 2.45) is 0 Å². The molecule has 1 aliphatic rings. The van der Waals surface area contributed by atoms with Crippen LogP contribution < -0.4 is 5.32 Å². The van der Waals surface area contributed by atoms with Gasteiger partial charge in [-0.3, -0.25) is 14.5 Å². The molecule has 0 saturated carbocycles. The van der Waals surface area contributed by atoms with Crippen molar-refractivity contribution >= 4 is 11.8 Å². The van der Waals surface area contributed by atoms with Crippen molar-refractivity contribution in [1.82, 2.24) is 15.1 Å². The van der Waals surface area contributed by atoms with E-state index in [1.54, 1.807) is 0 Å². The van der Waals surface area contributed by atoms with E-state index in [0.717, 1.165) is 56.4 Å². The van der Waals surface area contributed by atoms with Crippen LogP contribution in [0.2, 0.25) is 0 Å². The van der Waals surface area contributed by atoms with Gasteiger partial charge in [0, 0.05) is 24.7 Å². The van der Waals surface area contributed by atoms with Crippen LogP contribution in [0.15, 0.2) is 54.6 Å². The number of aryl methyl sites for hydroxylation is 1. The second kappa shape index (κ2) is 11.8. The highest BCUT2D eigenvalue weighted by Crippen LogP contribution is 2.19. The zero-order valence-corrected chi connectivity index (χ0v) is 19.7. The molecule has 0 aliphatic carbocycles. The average molecular weight is 436 g/mol. The van der Waals surface area contributed by atoms with E-state index in [0.29, 0.717) is 12.6 Å². The van der Waals surface area contributed by atoms with Crippen LogP contribution in [0.4, 0.5) is 0 Å². The van der Waals surface area contributed by atoms with Crippen molar-refractivity contribution in [2.45, 2.75) is 58.5 Å². The molecule has 5 nitrogen and oxygen atoms in total. The van der Waals surface area contributed by atoms with Gasteiger partial charge in [0.1, 0.15) is 0 Å². The molecule has 1 fully saturated rings. The van der Waals surface area contributed by atoms with Crippen LogP contribution in [0, 0.1) is 0 Å². The highest BCUT2D eigenvalue weighted by atomic mass is 16.2. The van der Waals surface area contributed by atoms with Crippen molar-refractivity contribution in [3.8, 4) is 0 Å². The number of nitrogens with zero attached hydrogens (tertiary/aromatic N) is 2. The molecular formula is C27H37N3O2. The van der Waals surface area contributed by atoms with Crippen LogP contribution in [-0.2, 0) is 11.2 Å². The van der Waals surface area contributed by atoms with Crippen LogP contribution in [-0.4, -0.2) is 53.8 Å². The maximum Gasteiger partial charge on any atom is 0.253 e. The van der Waals surface area contributed by atoms with Gasteiger partial charge in [-0.25, -0.2) is 0 Å². The number of likely N-dealkylation sites (tertiary alicyclic amines) is 1. The normalized spacial score (nSPS) is 15.6. The topological polar surface area (TPSA) is 52.7 Å². The summed E-state index contributed by atoms with van der Waals surface area (Å²) in [6.07, 6.45) is 3.83. The first-order valence-electron chi connectivity index (χ1n) is 12.0. The third kappa shape index (κ3) is 6.42. The van der Waals surface area contributed by atoms with Crippen LogP contribution >= 0.6 is 0 Å². The number of hydrogen-bond donors (Lipinski definition) is 1. The van der Waals surface area contributed by atoms with Crippen LogP contribution in [0.5, 0.6) is 0 Å². The molecule has 1 heterocycles. The fraction of sp³-hybridized carbons (Fsp3) is 0.481. The third-order valence-electron chi connectivity index (χ3n) is 6.41. The minimum absolute atomic E-state index is 0.0118. The van der Waals surface area contributed by atoms with Gasteiger partial charge in [-0.2, -0.15) is 0 Å². The summed E-state index contributed by atoms with van der Waals surface area (Å²) in [5, 5.41) is 3.16. The first-order valence-corrected chi connectivity index (χ1v) is 12.0. The van der Waals surface area contributed by atoms with E-state index in [4.69, 9.17) is 0 Å². The highest BCUT2D eigenvalue weighted by Gasteiger charge is 2.28. The van der Waals surface area contributed by atoms with Crippen molar-refractivity contribution in [2.75, 3.05) is 26.2 Å². The first-order chi connectivity index (χ1) is 15.5. The van der Waals surface area contributed by atoms with Gasteiger partial charge in [0.25, 0.3) is 5.91 Å². The molecule has 2 aromatic rings. The molecule has 0 aromatic heterocycles. The Morgan fingerprint density at radius 1 is 1.03 bits per heavy atom. The monoisotopic (exact) mass is 435 g/mol. The van der Waals surface area contributed by atoms with E-state index in [-0.39, 0.29) is 17.9 Å². The van der Waals surface area contributed by atoms with Crippen molar-refractivity contribution in [3.05, 3.63) is 71.3 Å². The molecule has 1 unspecified atom stereocenters. The summed E-state index contributed by atoms with van der Waals surface area (Å²) in [6.45, 7) is 9.10. The molecule has 0 radical (unpaired) electrons. The van der Waals surface area contributed by atoms with Crippen LogP contribution in [0.25, 0.3) is 0 Å². The number of amides is 2. The lowest BCUT2D eigenvalue weighted by atomic mass is 10.0. The summed E-state index contributed by atoms with van der Waals surface area (Å²) in [6, 6.07) is 18.3. The van der Waals surface area contributed by atoms with E-state index in [9.17, 15) is 9.59 Å². The zero-order chi connectivity index (χ0) is 22.9. The van der Waals surface area contributed by atoms with Crippen molar-refractivity contribution in [1.29, 1.82) is 0 Å². The fourth-order valence-electron chi connectivity index (χ4n) is 4.47. The Morgan fingerprint density at radius 3 is 2.28 bits per heavy atom. The summed E-state index contributed by atoms with van der Waals surface area (Å²) >= 11 is 0. The second-order valence-electron chi connectivity index (χ2n) is 8.74. The standard InChI is InChI=1S/C27H37N3O2/c1-4-17-30(20-26(31)28-21(3)23-13-11-22(5-2)12-14-23)25-15-18-29(19-16-25)27(32)24-9-7-6-8-10-24/h6-14,21,25H,4-5,15-20H2,1-3H3,(H,28,31). The van der Waals surface area contributed by atoms with Crippen LogP contribution in [0.3, 0.4) is 0 Å². The van der Waals surface area contributed by atoms with E-state index in [1.807, 2.05) is 42.2 Å². The summed E-state index contributed by atoms with van der Waals surface area (Å²) in [5.74, 6) is 0.167. The molecular weight excluding hydrogens is 398 g/mol. The van der Waals surface area contributed by atoms with Crippen molar-refractivity contribution in [3.63, 3.8) is 0 Å². The smallest absolute Gasteiger partial charge is 0.253 e. The van der Waals surface area contributed by atoms with Crippen molar-refractivity contribution < 1.29 is 9.59 Å².